The molecular weight excluding hydrogens is 672 g/mol. The fraction of sp³-hybridized carbons (Fsp3) is 0.641. The standard InChI is InChI=1S/C39H56N2O11/c1-8-31-26(20-42)17-21(2)13-14-29(43)22(3)18-25(15-16-41-37(48)27-11-9-10-12-28(27)38(41)49)36(23(4)30(44)19-32(45)51-31)52-39-35(47)33(40(6)7)34(46)24(5)50-39/h9-14,17,22-26,30-31,33-36,39,42,44,46-47H,8,15-16,18-20H2,1-7H3/b14-13+,21-17+/t22-,23+,24-,25+,26-,30-,31-,33+,34-,35-,36-,39+/m1/s1. The van der Waals surface area contributed by atoms with E-state index >= 15 is 0 Å². The molecule has 13 nitrogen and oxygen atoms in total. The Morgan fingerprint density at radius 2 is 1.60 bits per heavy atom. The topological polar surface area (TPSA) is 183 Å². The first kappa shape index (κ1) is 41.5. The third kappa shape index (κ3) is 9.43. The smallest absolute Gasteiger partial charge is 0.308 e. The average Bonchev–Trinajstić information content (AvgIpc) is 3.35. The zero-order chi connectivity index (χ0) is 38.4. The number of hydrogen-bond acceptors (Lipinski definition) is 12. The van der Waals surface area contributed by atoms with Gasteiger partial charge in [0, 0.05) is 24.3 Å². The lowest BCUT2D eigenvalue weighted by atomic mass is 9.79. The van der Waals surface area contributed by atoms with Gasteiger partial charge >= 0.3 is 5.97 Å². The Kier molecular flexibility index (Phi) is 14.5. The number of benzene rings is 1. The molecule has 1 aromatic carbocycles. The van der Waals surface area contributed by atoms with Gasteiger partial charge in [0.05, 0.1) is 54.6 Å². The molecule has 0 saturated carbocycles. The highest BCUT2D eigenvalue weighted by atomic mass is 16.7. The van der Waals surface area contributed by atoms with Gasteiger partial charge in [-0.1, -0.05) is 50.6 Å². The third-order valence-electron chi connectivity index (χ3n) is 10.8. The molecule has 1 fully saturated rings. The number of likely N-dealkylation sites (N-methyl/N-ethyl adjacent to an activating group) is 1. The number of aliphatic hydroxyl groups is 4. The number of hydrogen-bond donors (Lipinski definition) is 4. The van der Waals surface area contributed by atoms with Crippen molar-refractivity contribution >= 4 is 23.6 Å². The van der Waals surface area contributed by atoms with Crippen molar-refractivity contribution in [2.75, 3.05) is 27.2 Å². The lowest BCUT2D eigenvalue weighted by Gasteiger charge is -2.46. The summed E-state index contributed by atoms with van der Waals surface area (Å²) in [5, 5.41) is 44.1. The number of ketones is 1. The first-order valence-corrected chi connectivity index (χ1v) is 18.3. The Hall–Kier alpha value is -3.30. The molecule has 0 aliphatic carbocycles. The molecule has 1 aromatic rings. The molecule has 0 unspecified atom stereocenters. The molecule has 2 amide bonds. The number of carbonyl (C=O) groups is 4. The Morgan fingerprint density at radius 1 is 0.962 bits per heavy atom. The molecule has 0 radical (unpaired) electrons. The van der Waals surface area contributed by atoms with Crippen LogP contribution in [0.1, 0.15) is 81.0 Å². The number of ether oxygens (including phenoxy) is 3. The second-order valence-electron chi connectivity index (χ2n) is 14.8. The summed E-state index contributed by atoms with van der Waals surface area (Å²) < 4.78 is 18.4. The minimum Gasteiger partial charge on any atom is -0.462 e. The molecule has 4 N–H and O–H groups in total. The molecule has 1 saturated heterocycles. The summed E-state index contributed by atoms with van der Waals surface area (Å²) in [6, 6.07) is 5.80. The third-order valence-corrected chi connectivity index (χ3v) is 10.8. The number of esters is 1. The van der Waals surface area contributed by atoms with E-state index in [1.54, 1.807) is 83.1 Å². The fourth-order valence-corrected chi connectivity index (χ4v) is 7.59. The predicted octanol–water partition coefficient (Wildman–Crippen LogP) is 2.50. The summed E-state index contributed by atoms with van der Waals surface area (Å²) in [7, 11) is 3.42. The maximum atomic E-state index is 13.6. The fourth-order valence-electron chi connectivity index (χ4n) is 7.59. The number of fused-ring (bicyclic) bond motifs is 1. The van der Waals surface area contributed by atoms with E-state index in [9.17, 15) is 39.6 Å². The van der Waals surface area contributed by atoms with Crippen molar-refractivity contribution in [2.24, 2.45) is 23.7 Å². The zero-order valence-electron chi connectivity index (χ0n) is 31.3. The molecule has 3 aliphatic heterocycles. The molecule has 3 heterocycles. The number of imide groups is 1. The maximum Gasteiger partial charge on any atom is 0.308 e. The number of nitrogens with zero attached hydrogens (tertiary/aromatic N) is 2. The lowest BCUT2D eigenvalue weighted by molar-refractivity contribution is -0.304. The second kappa shape index (κ2) is 18.2. The Morgan fingerprint density at radius 3 is 2.17 bits per heavy atom. The molecule has 52 heavy (non-hydrogen) atoms. The van der Waals surface area contributed by atoms with Crippen LogP contribution in [0.5, 0.6) is 0 Å². The minimum atomic E-state index is -1.33. The van der Waals surface area contributed by atoms with Crippen molar-refractivity contribution in [3.05, 3.63) is 59.2 Å². The van der Waals surface area contributed by atoms with Gasteiger partial charge in [0.15, 0.2) is 12.1 Å². The summed E-state index contributed by atoms with van der Waals surface area (Å²) in [6.07, 6.45) is -2.20. The molecule has 0 spiro atoms. The Labute approximate surface area is 306 Å². The van der Waals surface area contributed by atoms with E-state index in [1.807, 2.05) is 6.92 Å². The number of amides is 2. The van der Waals surface area contributed by atoms with Gasteiger partial charge in [0.25, 0.3) is 11.8 Å². The van der Waals surface area contributed by atoms with Crippen LogP contribution in [0.3, 0.4) is 0 Å². The monoisotopic (exact) mass is 728 g/mol. The van der Waals surface area contributed by atoms with Gasteiger partial charge in [0.1, 0.15) is 12.2 Å². The number of aliphatic hydroxyl groups excluding tert-OH is 4. The summed E-state index contributed by atoms with van der Waals surface area (Å²) in [5.41, 5.74) is 1.29. The maximum absolute atomic E-state index is 13.6. The van der Waals surface area contributed by atoms with Crippen molar-refractivity contribution in [2.45, 2.75) is 109 Å². The van der Waals surface area contributed by atoms with Crippen LogP contribution in [-0.4, -0.2) is 130 Å². The van der Waals surface area contributed by atoms with E-state index in [-0.39, 0.29) is 31.8 Å². The van der Waals surface area contributed by atoms with Gasteiger partial charge < -0.3 is 39.5 Å². The van der Waals surface area contributed by atoms with Crippen molar-refractivity contribution in [1.82, 2.24) is 9.80 Å². The van der Waals surface area contributed by atoms with E-state index in [1.165, 1.54) is 6.08 Å². The van der Waals surface area contributed by atoms with Crippen molar-refractivity contribution in [1.29, 1.82) is 0 Å². The SMILES string of the molecule is CC[C@H]1OC(=O)C[C@@H](O)[C@H](C)[C@@H](O[C@@H]2O[C@H](C)[C@@H](O)[C@H](N(C)C)[C@H]2O)[C@@H](CCN2C(=O)c3ccccc3C2=O)C[C@@H](C)C(=O)/C=C/C(C)=C/[C@@H]1CO. The van der Waals surface area contributed by atoms with Crippen molar-refractivity contribution in [3.8, 4) is 0 Å². The molecule has 13 heteroatoms. The van der Waals surface area contributed by atoms with Crippen LogP contribution >= 0.6 is 0 Å². The molecule has 12 atom stereocenters. The molecule has 288 valence electrons. The molecule has 3 aliphatic rings. The number of rotatable bonds is 8. The Bertz CT molecular complexity index is 1460. The predicted molar refractivity (Wildman–Crippen MR) is 191 cm³/mol. The minimum absolute atomic E-state index is 0.0232. The van der Waals surface area contributed by atoms with E-state index in [0.717, 1.165) is 4.90 Å². The van der Waals surface area contributed by atoms with E-state index in [2.05, 4.69) is 0 Å². The molecular formula is C39H56N2O11. The van der Waals surface area contributed by atoms with Gasteiger partial charge in [-0.2, -0.15) is 0 Å². The van der Waals surface area contributed by atoms with Gasteiger partial charge in [-0.15, -0.1) is 0 Å². The number of allylic oxidation sites excluding steroid dienone is 3. The highest BCUT2D eigenvalue weighted by Gasteiger charge is 2.47. The summed E-state index contributed by atoms with van der Waals surface area (Å²) in [6.45, 7) is 8.38. The molecule has 4 rings (SSSR count). The van der Waals surface area contributed by atoms with E-state index in [4.69, 9.17) is 14.2 Å². The second-order valence-corrected chi connectivity index (χ2v) is 14.8. The highest BCUT2D eigenvalue weighted by molar-refractivity contribution is 6.21. The van der Waals surface area contributed by atoms with Crippen molar-refractivity contribution in [3.63, 3.8) is 0 Å². The summed E-state index contributed by atoms with van der Waals surface area (Å²) in [5.74, 6) is -4.32. The van der Waals surface area contributed by atoms with Crippen LogP contribution < -0.4 is 0 Å². The Balaban J connectivity index is 1.75. The zero-order valence-corrected chi connectivity index (χ0v) is 31.3. The normalized spacial score (nSPS) is 37.1. The first-order valence-electron chi connectivity index (χ1n) is 18.3. The highest BCUT2D eigenvalue weighted by Crippen LogP contribution is 2.35. The van der Waals surface area contributed by atoms with Crippen LogP contribution in [0.2, 0.25) is 0 Å². The van der Waals surface area contributed by atoms with Crippen LogP contribution in [0.15, 0.2) is 48.1 Å². The van der Waals surface area contributed by atoms with E-state index in [0.29, 0.717) is 23.1 Å². The van der Waals surface area contributed by atoms with Gasteiger partial charge in [-0.05, 0) is 71.3 Å². The number of cyclic esters (lactones) is 1. The summed E-state index contributed by atoms with van der Waals surface area (Å²) >= 11 is 0. The summed E-state index contributed by atoms with van der Waals surface area (Å²) in [4.78, 5) is 56.4. The van der Waals surface area contributed by atoms with Crippen LogP contribution in [0.4, 0.5) is 0 Å². The quantitative estimate of drug-likeness (QED) is 0.227. The largest absolute Gasteiger partial charge is 0.462 e. The van der Waals surface area contributed by atoms with Crippen LogP contribution in [0.25, 0.3) is 0 Å². The van der Waals surface area contributed by atoms with Crippen LogP contribution in [-0.2, 0) is 23.8 Å². The van der Waals surface area contributed by atoms with Crippen molar-refractivity contribution < 1.29 is 53.8 Å². The number of carbonyl (C=O) groups excluding carboxylic acids is 4. The van der Waals surface area contributed by atoms with Gasteiger partial charge in [-0.3, -0.25) is 24.1 Å². The van der Waals surface area contributed by atoms with Gasteiger partial charge in [0.2, 0.25) is 0 Å². The van der Waals surface area contributed by atoms with E-state index < -0.39 is 96.8 Å². The van der Waals surface area contributed by atoms with Crippen LogP contribution in [0, 0.1) is 23.7 Å². The first-order chi connectivity index (χ1) is 24.6. The van der Waals surface area contributed by atoms with Gasteiger partial charge in [-0.25, -0.2) is 0 Å². The molecule has 0 bridgehead atoms. The lowest BCUT2D eigenvalue weighted by Crippen LogP contribution is -2.63. The average molecular weight is 729 g/mol. The molecule has 0 aromatic heterocycles.